The highest BCUT2D eigenvalue weighted by atomic mass is 16.5. The van der Waals surface area contributed by atoms with Gasteiger partial charge in [-0.3, -0.25) is 19.2 Å². The number of ether oxygens (including phenoxy) is 3. The maximum absolute atomic E-state index is 14.3. The second-order valence-electron chi connectivity index (χ2n) is 14.8. The van der Waals surface area contributed by atoms with Gasteiger partial charge in [0.25, 0.3) is 0 Å². The zero-order valence-corrected chi connectivity index (χ0v) is 33.2. The van der Waals surface area contributed by atoms with Crippen molar-refractivity contribution in [1.29, 1.82) is 0 Å². The fourth-order valence-corrected chi connectivity index (χ4v) is 7.34. The van der Waals surface area contributed by atoms with Crippen LogP contribution in [0.25, 0.3) is 0 Å². The van der Waals surface area contributed by atoms with E-state index in [1.165, 1.54) is 0 Å². The van der Waals surface area contributed by atoms with E-state index in [0.717, 1.165) is 12.0 Å². The lowest BCUT2D eigenvalue weighted by Crippen LogP contribution is -2.59. The predicted molar refractivity (Wildman–Crippen MR) is 200 cm³/mol. The summed E-state index contributed by atoms with van der Waals surface area (Å²) in [5, 5.41) is 9.08. The van der Waals surface area contributed by atoms with E-state index in [1.807, 2.05) is 78.8 Å². The Morgan fingerprint density at radius 2 is 1.55 bits per heavy atom. The third kappa shape index (κ3) is 12.0. The lowest BCUT2D eigenvalue weighted by Gasteiger charge is -2.41. The fraction of sp³-hybridized carbons (Fsp3) is 0.744. The highest BCUT2D eigenvalue weighted by Gasteiger charge is 2.45. The van der Waals surface area contributed by atoms with Crippen molar-refractivity contribution in [3.8, 4) is 0 Å². The summed E-state index contributed by atoms with van der Waals surface area (Å²) in [5.74, 6) is -1.46. The van der Waals surface area contributed by atoms with Crippen LogP contribution in [0.4, 0.5) is 0 Å². The largest absolute Gasteiger partial charge is 0.380 e. The minimum Gasteiger partial charge on any atom is -0.380 e. The van der Waals surface area contributed by atoms with Gasteiger partial charge in [-0.25, -0.2) is 0 Å². The van der Waals surface area contributed by atoms with Crippen molar-refractivity contribution in [3.63, 3.8) is 0 Å². The molecule has 9 atom stereocenters. The second kappa shape index (κ2) is 21.5. The first-order chi connectivity index (χ1) is 24.2. The molecule has 4 amide bonds. The maximum Gasteiger partial charge on any atom is 0.245 e. The summed E-state index contributed by atoms with van der Waals surface area (Å²) < 4.78 is 17.7. The number of hydrogen-bond acceptors (Lipinski definition) is 8. The Labute approximate surface area is 307 Å². The Morgan fingerprint density at radius 1 is 0.922 bits per heavy atom. The molecular weight excluding hydrogens is 650 g/mol. The van der Waals surface area contributed by atoms with Crippen molar-refractivity contribution in [2.24, 2.45) is 23.7 Å². The number of amides is 4. The normalized spacial score (nSPS) is 20.3. The number of nitrogens with zero attached hydrogens (tertiary/aromatic N) is 2. The molecule has 3 N–H and O–H groups in total. The Morgan fingerprint density at radius 3 is 2.06 bits per heavy atom. The van der Waals surface area contributed by atoms with Crippen molar-refractivity contribution in [2.45, 2.75) is 117 Å². The van der Waals surface area contributed by atoms with Gasteiger partial charge in [-0.15, -0.1) is 0 Å². The number of nitrogens with one attached hydrogen (secondary N) is 3. The van der Waals surface area contributed by atoms with E-state index in [4.69, 9.17) is 14.2 Å². The van der Waals surface area contributed by atoms with Gasteiger partial charge in [0.15, 0.2) is 0 Å². The smallest absolute Gasteiger partial charge is 0.245 e. The summed E-state index contributed by atoms with van der Waals surface area (Å²) in [6, 6.07) is 7.92. The van der Waals surface area contributed by atoms with Crippen LogP contribution in [-0.2, 0) is 39.8 Å². The number of likely N-dealkylation sites (N-methyl/N-ethyl adjacent to an activating group) is 2. The highest BCUT2D eigenvalue weighted by molar-refractivity contribution is 5.90. The number of hydrogen-bond donors (Lipinski definition) is 3. The lowest BCUT2D eigenvalue weighted by molar-refractivity contribution is -0.147. The summed E-state index contributed by atoms with van der Waals surface area (Å²) in [4.78, 5) is 58.4. The Bertz CT molecular complexity index is 1230. The number of benzene rings is 1. The number of carbonyl (C=O) groups is 4. The molecule has 12 heteroatoms. The molecule has 1 aliphatic heterocycles. The van der Waals surface area contributed by atoms with Crippen LogP contribution in [0.2, 0.25) is 0 Å². The number of methoxy groups -OCH3 is 3. The Kier molecular flexibility index (Phi) is 18.6. The summed E-state index contributed by atoms with van der Waals surface area (Å²) in [6.45, 7) is 14.5. The van der Waals surface area contributed by atoms with Crippen LogP contribution in [0.5, 0.6) is 0 Å². The third-order valence-corrected chi connectivity index (χ3v) is 10.6. The van der Waals surface area contributed by atoms with E-state index >= 15 is 0 Å². The van der Waals surface area contributed by atoms with Gasteiger partial charge in [0, 0.05) is 41.5 Å². The minimum atomic E-state index is -0.759. The van der Waals surface area contributed by atoms with Gasteiger partial charge in [-0.05, 0) is 43.2 Å². The van der Waals surface area contributed by atoms with Gasteiger partial charge >= 0.3 is 0 Å². The van der Waals surface area contributed by atoms with Gasteiger partial charge in [0.1, 0.15) is 6.04 Å². The average Bonchev–Trinajstić information content (AvgIpc) is 3.54. The topological polar surface area (TPSA) is 139 Å². The van der Waals surface area contributed by atoms with Gasteiger partial charge in [-0.2, -0.15) is 0 Å². The van der Waals surface area contributed by atoms with Crippen LogP contribution < -0.4 is 16.0 Å². The number of rotatable bonds is 21. The molecular formula is C39H67N5O7. The van der Waals surface area contributed by atoms with Crippen molar-refractivity contribution >= 4 is 23.6 Å². The van der Waals surface area contributed by atoms with Crippen LogP contribution in [0, 0.1) is 23.7 Å². The van der Waals surface area contributed by atoms with Crippen molar-refractivity contribution in [2.75, 3.05) is 48.5 Å². The first-order valence-electron chi connectivity index (χ1n) is 18.6. The van der Waals surface area contributed by atoms with Crippen LogP contribution >= 0.6 is 0 Å². The molecule has 0 aromatic heterocycles. The molecule has 1 heterocycles. The molecule has 0 aliphatic carbocycles. The molecule has 1 unspecified atom stereocenters. The van der Waals surface area contributed by atoms with E-state index in [-0.39, 0.29) is 53.9 Å². The summed E-state index contributed by atoms with van der Waals surface area (Å²) in [6.07, 6.45) is 0.567. The Hall–Kier alpha value is -3.06. The van der Waals surface area contributed by atoms with Gasteiger partial charge in [0.05, 0.1) is 48.8 Å². The quantitative estimate of drug-likeness (QED) is 0.176. The first-order valence-corrected chi connectivity index (χ1v) is 18.6. The molecule has 1 aliphatic rings. The molecule has 290 valence electrons. The van der Waals surface area contributed by atoms with E-state index in [1.54, 1.807) is 45.2 Å². The number of carbonyl (C=O) groups excluding carboxylic acids is 4. The monoisotopic (exact) mass is 718 g/mol. The summed E-state index contributed by atoms with van der Waals surface area (Å²) in [5.41, 5.74) is 1.14. The molecule has 1 saturated heterocycles. The molecule has 51 heavy (non-hydrogen) atoms. The van der Waals surface area contributed by atoms with Gasteiger partial charge < -0.3 is 40.0 Å². The third-order valence-electron chi connectivity index (χ3n) is 10.6. The van der Waals surface area contributed by atoms with E-state index in [9.17, 15) is 19.2 Å². The zero-order chi connectivity index (χ0) is 38.4. The highest BCUT2D eigenvalue weighted by Crippen LogP contribution is 2.30. The molecule has 0 bridgehead atoms. The lowest BCUT2D eigenvalue weighted by atomic mass is 9.89. The molecule has 2 rings (SSSR count). The van der Waals surface area contributed by atoms with E-state index in [0.29, 0.717) is 25.9 Å². The average molecular weight is 718 g/mol. The zero-order valence-electron chi connectivity index (χ0n) is 33.2. The molecule has 0 saturated carbocycles. The first kappa shape index (κ1) is 44.1. The fourth-order valence-electron chi connectivity index (χ4n) is 7.34. The Balaban J connectivity index is 2.28. The van der Waals surface area contributed by atoms with Crippen molar-refractivity contribution < 1.29 is 33.4 Å². The SMILES string of the molecule is CCC(C)[C@@H]([C@H](CC(=O)N1C[C@@H](OC)C[C@H]1[C@H](OC)[C@@H](C)C(=O)NCCc1ccccc1)OC)N(C)C(=O)[C@@H](NC(=O)[C@@H](NC)C(C)C)C(C)C. The molecule has 1 fully saturated rings. The predicted octanol–water partition coefficient (Wildman–Crippen LogP) is 3.28. The molecule has 0 radical (unpaired) electrons. The van der Waals surface area contributed by atoms with E-state index in [2.05, 4.69) is 16.0 Å². The van der Waals surface area contributed by atoms with Crippen LogP contribution in [0.1, 0.15) is 73.3 Å². The van der Waals surface area contributed by atoms with E-state index < -0.39 is 42.3 Å². The maximum atomic E-state index is 14.3. The number of likely N-dealkylation sites (tertiary alicyclic amines) is 1. The molecule has 12 nitrogen and oxygen atoms in total. The van der Waals surface area contributed by atoms with Crippen molar-refractivity contribution in [1.82, 2.24) is 25.8 Å². The minimum absolute atomic E-state index is 0.0119. The second-order valence-corrected chi connectivity index (χ2v) is 14.8. The summed E-state index contributed by atoms with van der Waals surface area (Å²) >= 11 is 0. The summed E-state index contributed by atoms with van der Waals surface area (Å²) in [7, 11) is 8.22. The molecule has 1 aromatic rings. The van der Waals surface area contributed by atoms with Crippen molar-refractivity contribution in [3.05, 3.63) is 35.9 Å². The van der Waals surface area contributed by atoms with Gasteiger partial charge in [-0.1, -0.05) is 85.2 Å². The molecule has 1 aromatic carbocycles. The van der Waals surface area contributed by atoms with Gasteiger partial charge in [0.2, 0.25) is 23.6 Å². The van der Waals surface area contributed by atoms with Crippen LogP contribution in [0.3, 0.4) is 0 Å². The molecule has 0 spiro atoms. The standard InChI is InChI=1S/C39H67N5O7/c1-13-26(6)35(43(9)39(48)34(25(4)5)42-38(47)33(40-8)24(2)3)31(50-11)22-32(45)44-23-29(49-10)21-30(44)36(51-12)27(7)37(46)41-20-19-28-17-15-14-16-18-28/h14-18,24-27,29-31,33-36,40H,13,19-23H2,1-12H3,(H,41,46)(H,42,47)/t26?,27-,29+,30+,31+,33+,34+,35+,36-/m1/s1. The van der Waals surface area contributed by atoms with Crippen LogP contribution in [-0.4, -0.2) is 124 Å². The van der Waals surface area contributed by atoms with Crippen LogP contribution in [0.15, 0.2) is 30.3 Å².